The van der Waals surface area contributed by atoms with Gasteiger partial charge in [-0.25, -0.2) is 0 Å². The van der Waals surface area contributed by atoms with Gasteiger partial charge in [0.2, 0.25) is 17.8 Å². The number of carbonyl (C=O) groups excluding carboxylic acids is 1. The Morgan fingerprint density at radius 3 is 2.42 bits per heavy atom. The van der Waals surface area contributed by atoms with Crippen molar-refractivity contribution >= 4 is 29.6 Å². The maximum Gasteiger partial charge on any atom is 0.230 e. The summed E-state index contributed by atoms with van der Waals surface area (Å²) in [5.41, 5.74) is 11.8. The van der Waals surface area contributed by atoms with Crippen LogP contribution in [0.2, 0.25) is 0 Å². The SMILES string of the molecule is COc1ccc(CNC(=O)CSc2nc(N)nc(N)n2)cc1OC. The zero-order valence-electron chi connectivity index (χ0n) is 13.3. The molecule has 0 saturated carbocycles. The van der Waals surface area contributed by atoms with Crippen LogP contribution in [-0.4, -0.2) is 40.8 Å². The van der Waals surface area contributed by atoms with Gasteiger partial charge in [0.1, 0.15) is 0 Å². The highest BCUT2D eigenvalue weighted by Crippen LogP contribution is 2.27. The van der Waals surface area contributed by atoms with Crippen LogP contribution in [0.1, 0.15) is 5.56 Å². The second-order valence-electron chi connectivity index (χ2n) is 4.59. The summed E-state index contributed by atoms with van der Waals surface area (Å²) in [5, 5.41) is 3.10. The van der Waals surface area contributed by atoms with Crippen LogP contribution in [0.15, 0.2) is 23.4 Å². The molecule has 1 heterocycles. The first kappa shape index (κ1) is 17.6. The van der Waals surface area contributed by atoms with Crippen molar-refractivity contribution in [3.8, 4) is 11.5 Å². The van der Waals surface area contributed by atoms with Gasteiger partial charge in [0, 0.05) is 6.54 Å². The van der Waals surface area contributed by atoms with Crippen LogP contribution in [0, 0.1) is 0 Å². The lowest BCUT2D eigenvalue weighted by molar-refractivity contribution is -0.118. The Kier molecular flexibility index (Phi) is 6.01. The minimum absolute atomic E-state index is 0.0238. The number of rotatable bonds is 7. The molecule has 2 rings (SSSR count). The predicted octanol–water partition coefficient (Wildman–Crippen LogP) is 0.462. The van der Waals surface area contributed by atoms with Crippen molar-refractivity contribution in [3.05, 3.63) is 23.8 Å². The van der Waals surface area contributed by atoms with Crippen molar-refractivity contribution < 1.29 is 14.3 Å². The summed E-state index contributed by atoms with van der Waals surface area (Å²) in [6, 6.07) is 5.44. The third-order valence-corrected chi connectivity index (χ3v) is 3.77. The molecule has 0 aliphatic carbocycles. The molecule has 1 aromatic heterocycles. The first-order chi connectivity index (χ1) is 11.5. The molecule has 128 valence electrons. The number of anilines is 2. The molecule has 0 unspecified atom stereocenters. The van der Waals surface area contributed by atoms with Gasteiger partial charge >= 0.3 is 0 Å². The highest BCUT2D eigenvalue weighted by atomic mass is 32.2. The number of nitrogens with one attached hydrogen (secondary N) is 1. The first-order valence-corrected chi connectivity index (χ1v) is 7.87. The molecule has 0 aliphatic heterocycles. The monoisotopic (exact) mass is 350 g/mol. The molecule has 24 heavy (non-hydrogen) atoms. The Hall–Kier alpha value is -2.75. The zero-order valence-corrected chi connectivity index (χ0v) is 14.1. The van der Waals surface area contributed by atoms with Crippen molar-refractivity contribution in [2.75, 3.05) is 31.4 Å². The van der Waals surface area contributed by atoms with Crippen LogP contribution in [-0.2, 0) is 11.3 Å². The van der Waals surface area contributed by atoms with E-state index in [0.29, 0.717) is 23.2 Å². The highest BCUT2D eigenvalue weighted by molar-refractivity contribution is 7.99. The number of nitrogens with zero attached hydrogens (tertiary/aromatic N) is 3. The van der Waals surface area contributed by atoms with Gasteiger partial charge in [-0.15, -0.1) is 0 Å². The fraction of sp³-hybridized carbons (Fsp3) is 0.286. The number of nitrogen functional groups attached to an aromatic ring is 2. The molecular formula is C14H18N6O3S. The van der Waals surface area contributed by atoms with E-state index in [1.807, 2.05) is 6.07 Å². The van der Waals surface area contributed by atoms with Gasteiger partial charge in [-0.2, -0.15) is 15.0 Å². The Morgan fingerprint density at radius 2 is 1.79 bits per heavy atom. The maximum absolute atomic E-state index is 11.9. The summed E-state index contributed by atoms with van der Waals surface area (Å²) >= 11 is 1.13. The normalized spacial score (nSPS) is 10.2. The zero-order chi connectivity index (χ0) is 17.5. The molecule has 0 atom stereocenters. The summed E-state index contributed by atoms with van der Waals surface area (Å²) in [6.45, 7) is 0.362. The van der Waals surface area contributed by atoms with Gasteiger partial charge in [-0.3, -0.25) is 4.79 Å². The molecule has 0 radical (unpaired) electrons. The minimum Gasteiger partial charge on any atom is -0.493 e. The van der Waals surface area contributed by atoms with E-state index >= 15 is 0 Å². The van der Waals surface area contributed by atoms with Crippen LogP contribution >= 0.6 is 11.8 Å². The molecule has 10 heteroatoms. The van der Waals surface area contributed by atoms with E-state index in [-0.39, 0.29) is 23.6 Å². The third kappa shape index (κ3) is 4.88. The number of carbonyl (C=O) groups is 1. The maximum atomic E-state index is 11.9. The van der Waals surface area contributed by atoms with E-state index in [0.717, 1.165) is 17.3 Å². The molecule has 0 aliphatic rings. The topological polar surface area (TPSA) is 138 Å². The second-order valence-corrected chi connectivity index (χ2v) is 5.53. The van der Waals surface area contributed by atoms with Crippen LogP contribution in [0.3, 0.4) is 0 Å². The van der Waals surface area contributed by atoms with Gasteiger partial charge in [0.15, 0.2) is 16.7 Å². The molecule has 9 nitrogen and oxygen atoms in total. The van der Waals surface area contributed by atoms with E-state index in [4.69, 9.17) is 20.9 Å². The molecule has 0 bridgehead atoms. The van der Waals surface area contributed by atoms with E-state index in [1.54, 1.807) is 26.4 Å². The Morgan fingerprint density at radius 1 is 1.12 bits per heavy atom. The number of amides is 1. The lowest BCUT2D eigenvalue weighted by Gasteiger charge is -2.10. The lowest BCUT2D eigenvalue weighted by Crippen LogP contribution is -2.24. The van der Waals surface area contributed by atoms with Gasteiger partial charge in [0.05, 0.1) is 20.0 Å². The third-order valence-electron chi connectivity index (χ3n) is 2.92. The number of thioether (sulfide) groups is 1. The second kappa shape index (κ2) is 8.20. The van der Waals surface area contributed by atoms with E-state index in [9.17, 15) is 4.79 Å². The van der Waals surface area contributed by atoms with Gasteiger partial charge in [-0.05, 0) is 17.7 Å². The van der Waals surface area contributed by atoms with Crippen molar-refractivity contribution in [1.29, 1.82) is 0 Å². The molecular weight excluding hydrogens is 332 g/mol. The standard InChI is InChI=1S/C14H18N6O3S/c1-22-9-4-3-8(5-10(9)23-2)6-17-11(21)7-24-14-19-12(15)18-13(16)20-14/h3-5H,6-7H2,1-2H3,(H,17,21)(H4,15,16,18,19,20). The average Bonchev–Trinajstić information content (AvgIpc) is 2.57. The van der Waals surface area contributed by atoms with Crippen LogP contribution < -0.4 is 26.3 Å². The van der Waals surface area contributed by atoms with Crippen LogP contribution in [0.5, 0.6) is 11.5 Å². The number of benzene rings is 1. The largest absolute Gasteiger partial charge is 0.493 e. The number of methoxy groups -OCH3 is 2. The van der Waals surface area contributed by atoms with Crippen LogP contribution in [0.25, 0.3) is 0 Å². The lowest BCUT2D eigenvalue weighted by atomic mass is 10.2. The fourth-order valence-corrected chi connectivity index (χ4v) is 2.50. The first-order valence-electron chi connectivity index (χ1n) is 6.89. The molecule has 1 aromatic carbocycles. The van der Waals surface area contributed by atoms with Crippen molar-refractivity contribution in [2.45, 2.75) is 11.7 Å². The summed E-state index contributed by atoms with van der Waals surface area (Å²) in [5.74, 6) is 1.25. The highest BCUT2D eigenvalue weighted by Gasteiger charge is 2.09. The summed E-state index contributed by atoms with van der Waals surface area (Å²) in [4.78, 5) is 23.4. The van der Waals surface area contributed by atoms with E-state index < -0.39 is 0 Å². The summed E-state index contributed by atoms with van der Waals surface area (Å²) in [7, 11) is 3.13. The molecule has 0 saturated heterocycles. The predicted molar refractivity (Wildman–Crippen MR) is 90.8 cm³/mol. The van der Waals surface area contributed by atoms with Crippen molar-refractivity contribution in [1.82, 2.24) is 20.3 Å². The Bertz CT molecular complexity index is 707. The van der Waals surface area contributed by atoms with Gasteiger partial charge < -0.3 is 26.3 Å². The van der Waals surface area contributed by atoms with Crippen molar-refractivity contribution in [2.24, 2.45) is 0 Å². The fourth-order valence-electron chi connectivity index (χ4n) is 1.83. The number of hydrogen-bond acceptors (Lipinski definition) is 9. The Balaban J connectivity index is 1.87. The number of hydrogen-bond donors (Lipinski definition) is 3. The minimum atomic E-state index is -0.174. The number of ether oxygens (including phenoxy) is 2. The van der Waals surface area contributed by atoms with Gasteiger partial charge in [0.25, 0.3) is 0 Å². The van der Waals surface area contributed by atoms with Gasteiger partial charge in [-0.1, -0.05) is 17.8 Å². The summed E-state index contributed by atoms with van der Waals surface area (Å²) in [6.07, 6.45) is 0. The number of aromatic nitrogens is 3. The molecule has 0 spiro atoms. The van der Waals surface area contributed by atoms with Crippen LogP contribution in [0.4, 0.5) is 11.9 Å². The Labute approximate surface area is 143 Å². The quantitative estimate of drug-likeness (QED) is 0.608. The van der Waals surface area contributed by atoms with Crippen molar-refractivity contribution in [3.63, 3.8) is 0 Å². The smallest absolute Gasteiger partial charge is 0.230 e. The molecule has 0 fully saturated rings. The van der Waals surface area contributed by atoms with E-state index in [2.05, 4.69) is 20.3 Å². The molecule has 1 amide bonds. The number of nitrogens with two attached hydrogens (primary N) is 2. The van der Waals surface area contributed by atoms with E-state index in [1.165, 1.54) is 0 Å². The summed E-state index contributed by atoms with van der Waals surface area (Å²) < 4.78 is 10.4. The average molecular weight is 350 g/mol. The molecule has 2 aromatic rings. The molecule has 5 N–H and O–H groups in total.